The van der Waals surface area contributed by atoms with Crippen LogP contribution in [0.5, 0.6) is 0 Å². The standard InChI is InChI=1S/C24H26FN3O.ClH/c25-17-7-10-22-19(12-17)18(24(27-22)15-4-2-1-3-5-15)8-11-23(29)28-13-16-6-9-21(26)20(16)14-28;/h1-5,7,10,12,16,20-21,27H,6,8-9,11,13-14,26H2;1H. The molecule has 2 fully saturated rings. The van der Waals surface area contributed by atoms with Crippen molar-refractivity contribution in [2.24, 2.45) is 17.6 Å². The summed E-state index contributed by atoms with van der Waals surface area (Å²) in [6, 6.07) is 15.1. The van der Waals surface area contributed by atoms with Crippen molar-refractivity contribution in [1.29, 1.82) is 0 Å². The van der Waals surface area contributed by atoms with Crippen LogP contribution in [0.25, 0.3) is 22.2 Å². The highest BCUT2D eigenvalue weighted by Gasteiger charge is 2.42. The van der Waals surface area contributed by atoms with E-state index in [0.29, 0.717) is 24.7 Å². The summed E-state index contributed by atoms with van der Waals surface area (Å²) in [6.07, 6.45) is 3.23. The van der Waals surface area contributed by atoms with Crippen LogP contribution in [0.15, 0.2) is 48.5 Å². The maximum atomic E-state index is 13.9. The molecule has 1 amide bonds. The molecule has 3 unspecified atom stereocenters. The van der Waals surface area contributed by atoms with Crippen molar-refractivity contribution in [2.45, 2.75) is 31.7 Å². The number of carbonyl (C=O) groups is 1. The molecule has 2 aliphatic rings. The number of rotatable bonds is 4. The molecule has 1 saturated carbocycles. The Labute approximate surface area is 182 Å². The first-order valence-corrected chi connectivity index (χ1v) is 10.5. The van der Waals surface area contributed by atoms with Gasteiger partial charge in [-0.15, -0.1) is 12.4 Å². The lowest BCUT2D eigenvalue weighted by Gasteiger charge is -2.19. The van der Waals surface area contributed by atoms with Crippen LogP contribution in [-0.4, -0.2) is 34.9 Å². The molecular formula is C24H27ClFN3O. The zero-order valence-corrected chi connectivity index (χ0v) is 17.6. The van der Waals surface area contributed by atoms with Crippen molar-refractivity contribution in [3.05, 3.63) is 59.9 Å². The Morgan fingerprint density at radius 3 is 2.70 bits per heavy atom. The van der Waals surface area contributed by atoms with Gasteiger partial charge in [-0.3, -0.25) is 4.79 Å². The summed E-state index contributed by atoms with van der Waals surface area (Å²) in [7, 11) is 0. The van der Waals surface area contributed by atoms with Crippen LogP contribution in [0.4, 0.5) is 4.39 Å². The van der Waals surface area contributed by atoms with E-state index in [-0.39, 0.29) is 30.2 Å². The van der Waals surface area contributed by atoms with Crippen LogP contribution in [0.3, 0.4) is 0 Å². The van der Waals surface area contributed by atoms with Crippen molar-refractivity contribution < 1.29 is 9.18 Å². The molecule has 6 heteroatoms. The molecular weight excluding hydrogens is 401 g/mol. The Hall–Kier alpha value is -2.37. The molecule has 0 spiro atoms. The van der Waals surface area contributed by atoms with E-state index >= 15 is 0 Å². The Morgan fingerprint density at radius 2 is 1.93 bits per heavy atom. The predicted octanol–water partition coefficient (Wildman–Crippen LogP) is 4.52. The fraction of sp³-hybridized carbons (Fsp3) is 0.375. The number of halogens is 2. The fourth-order valence-corrected chi connectivity index (χ4v) is 5.23. The zero-order valence-electron chi connectivity index (χ0n) is 16.8. The van der Waals surface area contributed by atoms with Crippen molar-refractivity contribution in [3.8, 4) is 11.3 Å². The van der Waals surface area contributed by atoms with Gasteiger partial charge in [-0.05, 0) is 60.4 Å². The van der Waals surface area contributed by atoms with Gasteiger partial charge in [0, 0.05) is 42.1 Å². The molecule has 1 aliphatic carbocycles. The van der Waals surface area contributed by atoms with Crippen molar-refractivity contribution in [1.82, 2.24) is 9.88 Å². The minimum Gasteiger partial charge on any atom is -0.354 e. The number of likely N-dealkylation sites (tertiary alicyclic amines) is 1. The Balaban J connectivity index is 0.00000218. The number of aromatic amines is 1. The van der Waals surface area contributed by atoms with Gasteiger partial charge in [-0.2, -0.15) is 0 Å². The lowest BCUT2D eigenvalue weighted by Crippen LogP contribution is -2.33. The number of hydrogen-bond acceptors (Lipinski definition) is 2. The second-order valence-corrected chi connectivity index (χ2v) is 8.50. The van der Waals surface area contributed by atoms with Crippen molar-refractivity contribution in [2.75, 3.05) is 13.1 Å². The van der Waals surface area contributed by atoms with Crippen LogP contribution < -0.4 is 5.73 Å². The van der Waals surface area contributed by atoms with E-state index in [0.717, 1.165) is 53.7 Å². The van der Waals surface area contributed by atoms with Crippen LogP contribution >= 0.6 is 12.4 Å². The molecule has 1 aromatic heterocycles. The number of fused-ring (bicyclic) bond motifs is 2. The first-order chi connectivity index (χ1) is 14.1. The number of benzene rings is 2. The molecule has 2 heterocycles. The first kappa shape index (κ1) is 20.9. The minimum atomic E-state index is -0.259. The monoisotopic (exact) mass is 427 g/mol. The number of carbonyl (C=O) groups excluding carboxylic acids is 1. The van der Waals surface area contributed by atoms with Crippen LogP contribution in [0.2, 0.25) is 0 Å². The van der Waals surface area contributed by atoms with Gasteiger partial charge in [0.1, 0.15) is 5.82 Å². The van der Waals surface area contributed by atoms with E-state index in [9.17, 15) is 9.18 Å². The average Bonchev–Trinajstić information content (AvgIpc) is 3.41. The molecule has 30 heavy (non-hydrogen) atoms. The highest BCUT2D eigenvalue weighted by atomic mass is 35.5. The van der Waals surface area contributed by atoms with Crippen LogP contribution in [0, 0.1) is 17.7 Å². The van der Waals surface area contributed by atoms with E-state index in [1.54, 1.807) is 12.1 Å². The summed E-state index contributed by atoms with van der Waals surface area (Å²) in [4.78, 5) is 18.4. The van der Waals surface area contributed by atoms with E-state index in [1.165, 1.54) is 6.07 Å². The van der Waals surface area contributed by atoms with Crippen molar-refractivity contribution >= 4 is 29.2 Å². The Morgan fingerprint density at radius 1 is 1.13 bits per heavy atom. The van der Waals surface area contributed by atoms with Gasteiger partial charge in [0.2, 0.25) is 5.91 Å². The number of amides is 1. The third-order valence-electron chi connectivity index (χ3n) is 6.78. The molecule has 3 atom stereocenters. The molecule has 158 valence electrons. The molecule has 3 aromatic rings. The predicted molar refractivity (Wildman–Crippen MR) is 120 cm³/mol. The molecule has 2 aromatic carbocycles. The third-order valence-corrected chi connectivity index (χ3v) is 6.78. The maximum absolute atomic E-state index is 13.9. The van der Waals surface area contributed by atoms with Gasteiger partial charge in [-0.25, -0.2) is 4.39 Å². The topological polar surface area (TPSA) is 62.1 Å². The SMILES string of the molecule is Cl.NC1CCC2CN(C(=O)CCc3c(-c4ccccc4)[nH]c4ccc(F)cc34)CC12. The van der Waals surface area contributed by atoms with Crippen molar-refractivity contribution in [3.63, 3.8) is 0 Å². The number of nitrogens with two attached hydrogens (primary N) is 1. The third kappa shape index (κ3) is 3.72. The second kappa shape index (κ2) is 8.40. The van der Waals surface area contributed by atoms with Crippen LogP contribution in [0.1, 0.15) is 24.8 Å². The number of H-pyrrole nitrogens is 1. The number of aryl methyl sites for hydroxylation is 1. The summed E-state index contributed by atoms with van der Waals surface area (Å²) in [5.74, 6) is 0.943. The maximum Gasteiger partial charge on any atom is 0.222 e. The Kier molecular flexibility index (Phi) is 5.85. The quantitative estimate of drug-likeness (QED) is 0.642. The van der Waals surface area contributed by atoms with Gasteiger partial charge in [0.05, 0.1) is 0 Å². The van der Waals surface area contributed by atoms with E-state index in [2.05, 4.69) is 4.98 Å². The lowest BCUT2D eigenvalue weighted by atomic mass is 9.98. The van der Waals surface area contributed by atoms with E-state index in [4.69, 9.17) is 5.73 Å². The summed E-state index contributed by atoms with van der Waals surface area (Å²) in [6.45, 7) is 1.63. The van der Waals surface area contributed by atoms with Gasteiger partial charge in [-0.1, -0.05) is 30.3 Å². The molecule has 0 radical (unpaired) electrons. The van der Waals surface area contributed by atoms with E-state index < -0.39 is 0 Å². The number of nitrogens with zero attached hydrogens (tertiary/aromatic N) is 1. The number of hydrogen-bond donors (Lipinski definition) is 2. The number of nitrogens with one attached hydrogen (secondary N) is 1. The lowest BCUT2D eigenvalue weighted by molar-refractivity contribution is -0.130. The highest BCUT2D eigenvalue weighted by Crippen LogP contribution is 2.38. The Bertz CT molecular complexity index is 1050. The molecule has 1 aliphatic heterocycles. The summed E-state index contributed by atoms with van der Waals surface area (Å²) >= 11 is 0. The summed E-state index contributed by atoms with van der Waals surface area (Å²) in [5.41, 5.74) is 10.1. The second-order valence-electron chi connectivity index (χ2n) is 8.50. The molecule has 1 saturated heterocycles. The smallest absolute Gasteiger partial charge is 0.222 e. The summed E-state index contributed by atoms with van der Waals surface area (Å²) < 4.78 is 13.9. The van der Waals surface area contributed by atoms with Gasteiger partial charge in [0.15, 0.2) is 0 Å². The largest absolute Gasteiger partial charge is 0.354 e. The summed E-state index contributed by atoms with van der Waals surface area (Å²) in [5, 5.41) is 0.858. The average molecular weight is 428 g/mol. The highest BCUT2D eigenvalue weighted by molar-refractivity contribution is 5.91. The molecule has 3 N–H and O–H groups in total. The zero-order chi connectivity index (χ0) is 20.0. The normalized spacial score (nSPS) is 22.9. The first-order valence-electron chi connectivity index (χ1n) is 10.5. The molecule has 4 nitrogen and oxygen atoms in total. The minimum absolute atomic E-state index is 0. The van der Waals surface area contributed by atoms with E-state index in [1.807, 2.05) is 35.2 Å². The fourth-order valence-electron chi connectivity index (χ4n) is 5.23. The molecule has 0 bridgehead atoms. The van der Waals surface area contributed by atoms with Gasteiger partial charge in [0.25, 0.3) is 0 Å². The van der Waals surface area contributed by atoms with Crippen LogP contribution in [-0.2, 0) is 11.2 Å². The van der Waals surface area contributed by atoms with Gasteiger partial charge < -0.3 is 15.6 Å². The molecule has 5 rings (SSSR count). The van der Waals surface area contributed by atoms with Gasteiger partial charge >= 0.3 is 0 Å². The number of aromatic nitrogens is 1.